The lowest BCUT2D eigenvalue weighted by Gasteiger charge is -2.34. The third-order valence-electron chi connectivity index (χ3n) is 5.27. The number of hydrogen-bond donors (Lipinski definition) is 3. The third-order valence-corrected chi connectivity index (χ3v) is 5.27. The first-order chi connectivity index (χ1) is 13.5. The van der Waals surface area contributed by atoms with Crippen molar-refractivity contribution in [3.8, 4) is 0 Å². The maximum atomic E-state index is 12.5. The molecule has 29 heavy (non-hydrogen) atoms. The molecule has 0 aliphatic rings. The second-order valence-electron chi connectivity index (χ2n) is 9.61. The van der Waals surface area contributed by atoms with Crippen LogP contribution >= 0.6 is 0 Å². The van der Waals surface area contributed by atoms with Gasteiger partial charge < -0.3 is 19.8 Å². The molecule has 0 heterocycles. The van der Waals surface area contributed by atoms with Crippen LogP contribution in [0.4, 0.5) is 0 Å². The highest BCUT2D eigenvalue weighted by Crippen LogP contribution is 2.21. The van der Waals surface area contributed by atoms with E-state index in [4.69, 9.17) is 5.11 Å². The van der Waals surface area contributed by atoms with E-state index in [0.29, 0.717) is 6.42 Å². The van der Waals surface area contributed by atoms with Crippen molar-refractivity contribution in [2.45, 2.75) is 109 Å². The first-order valence-corrected chi connectivity index (χ1v) is 11.5. The van der Waals surface area contributed by atoms with Crippen LogP contribution in [0.2, 0.25) is 0 Å². The number of Topliss-reactive ketones (excluding diaryl/α,β-unsaturated/α-hetero) is 1. The number of carboxylic acids is 1. The Morgan fingerprint density at radius 3 is 1.62 bits per heavy atom. The number of aliphatic hydroxyl groups excluding tert-OH is 1. The molecule has 0 saturated carbocycles. The first-order valence-electron chi connectivity index (χ1n) is 11.5. The lowest BCUT2D eigenvalue weighted by atomic mass is 9.88. The molecular formula is C23H46NO5+. The molecule has 0 aliphatic carbocycles. The second kappa shape index (κ2) is 14.9. The summed E-state index contributed by atoms with van der Waals surface area (Å²) in [4.78, 5) is 23.6. The molecule has 3 N–H and O–H groups in total. The molecule has 0 saturated heterocycles. The molecule has 0 aliphatic heterocycles. The van der Waals surface area contributed by atoms with E-state index in [1.807, 2.05) is 0 Å². The van der Waals surface area contributed by atoms with E-state index in [2.05, 4.69) is 6.92 Å². The SMILES string of the molecule is CCCCCCCCCCCCCCC(O)C(=O)C(O)(CC(=O)O)C[N+](C)(C)C. The maximum absolute atomic E-state index is 12.5. The minimum Gasteiger partial charge on any atom is -0.481 e. The third kappa shape index (κ3) is 14.6. The van der Waals surface area contributed by atoms with Gasteiger partial charge in [-0.2, -0.15) is 0 Å². The van der Waals surface area contributed by atoms with E-state index in [9.17, 15) is 19.8 Å². The van der Waals surface area contributed by atoms with Crippen molar-refractivity contribution in [3.05, 3.63) is 0 Å². The van der Waals surface area contributed by atoms with Gasteiger partial charge in [0, 0.05) is 0 Å². The number of rotatable bonds is 19. The van der Waals surface area contributed by atoms with E-state index in [1.165, 1.54) is 57.8 Å². The Kier molecular flexibility index (Phi) is 14.4. The van der Waals surface area contributed by atoms with Crippen molar-refractivity contribution in [2.24, 2.45) is 0 Å². The van der Waals surface area contributed by atoms with Crippen molar-refractivity contribution < 1.29 is 29.4 Å². The molecule has 6 nitrogen and oxygen atoms in total. The highest BCUT2D eigenvalue weighted by molar-refractivity contribution is 5.94. The summed E-state index contributed by atoms with van der Waals surface area (Å²) < 4.78 is 0.237. The fourth-order valence-corrected chi connectivity index (χ4v) is 3.88. The van der Waals surface area contributed by atoms with Gasteiger partial charge in [-0.1, -0.05) is 84.0 Å². The maximum Gasteiger partial charge on any atom is 0.306 e. The zero-order valence-corrected chi connectivity index (χ0v) is 19.3. The van der Waals surface area contributed by atoms with Crippen LogP contribution in [0.3, 0.4) is 0 Å². The number of ketones is 1. The molecule has 0 radical (unpaired) electrons. The van der Waals surface area contributed by atoms with E-state index < -0.39 is 29.9 Å². The van der Waals surface area contributed by atoms with E-state index in [-0.39, 0.29) is 17.4 Å². The normalized spacial score (nSPS) is 15.1. The van der Waals surface area contributed by atoms with Crippen molar-refractivity contribution in [1.82, 2.24) is 0 Å². The number of aliphatic hydroxyl groups is 2. The number of unbranched alkanes of at least 4 members (excludes halogenated alkanes) is 11. The monoisotopic (exact) mass is 416 g/mol. The molecule has 0 amide bonds. The number of carbonyl (C=O) groups is 2. The molecule has 0 rings (SSSR count). The van der Waals surface area contributed by atoms with Gasteiger partial charge in [0.2, 0.25) is 0 Å². The van der Waals surface area contributed by atoms with Crippen LogP contribution in [0.15, 0.2) is 0 Å². The van der Waals surface area contributed by atoms with Crippen LogP contribution in [0, 0.1) is 0 Å². The molecule has 2 unspecified atom stereocenters. The predicted molar refractivity (Wildman–Crippen MR) is 117 cm³/mol. The molecule has 2 atom stereocenters. The zero-order valence-electron chi connectivity index (χ0n) is 19.3. The molecule has 0 fully saturated rings. The van der Waals surface area contributed by atoms with Crippen LogP contribution < -0.4 is 0 Å². The minimum absolute atomic E-state index is 0.0480. The average Bonchev–Trinajstić information content (AvgIpc) is 2.59. The summed E-state index contributed by atoms with van der Waals surface area (Å²) in [6, 6.07) is 0. The molecule has 0 aromatic heterocycles. The molecular weight excluding hydrogens is 370 g/mol. The smallest absolute Gasteiger partial charge is 0.306 e. The summed E-state index contributed by atoms with van der Waals surface area (Å²) in [5, 5.41) is 29.9. The standard InChI is InChI=1S/C23H45NO5/c1-5-6-7-8-9-10-11-12-13-14-15-16-17-20(25)22(28)23(29,18-21(26)27)19-24(2,3)4/h20,25,29H,5-19H2,1-4H3/p+1. The average molecular weight is 417 g/mol. The van der Waals surface area contributed by atoms with Crippen LogP contribution in [-0.2, 0) is 9.59 Å². The van der Waals surface area contributed by atoms with Crippen molar-refractivity contribution in [1.29, 1.82) is 0 Å². The first kappa shape index (κ1) is 28.0. The lowest BCUT2D eigenvalue weighted by Crippen LogP contribution is -2.57. The summed E-state index contributed by atoms with van der Waals surface area (Å²) in [5.74, 6) is -2.01. The second-order valence-corrected chi connectivity index (χ2v) is 9.61. The number of hydrogen-bond acceptors (Lipinski definition) is 4. The number of nitrogens with zero attached hydrogens (tertiary/aromatic N) is 1. The van der Waals surface area contributed by atoms with E-state index in [1.54, 1.807) is 21.1 Å². The van der Waals surface area contributed by atoms with Crippen molar-refractivity contribution >= 4 is 11.8 Å². The highest BCUT2D eigenvalue weighted by Gasteiger charge is 2.45. The van der Waals surface area contributed by atoms with Crippen molar-refractivity contribution in [2.75, 3.05) is 27.7 Å². The minimum atomic E-state index is -2.04. The van der Waals surface area contributed by atoms with Crippen LogP contribution in [0.1, 0.15) is 96.8 Å². The van der Waals surface area contributed by atoms with Crippen LogP contribution in [-0.4, -0.2) is 70.9 Å². The van der Waals surface area contributed by atoms with Gasteiger partial charge in [0.25, 0.3) is 0 Å². The van der Waals surface area contributed by atoms with Gasteiger partial charge in [0.1, 0.15) is 12.6 Å². The zero-order chi connectivity index (χ0) is 22.3. The van der Waals surface area contributed by atoms with E-state index in [0.717, 1.165) is 12.8 Å². The van der Waals surface area contributed by atoms with Crippen LogP contribution in [0.25, 0.3) is 0 Å². The van der Waals surface area contributed by atoms with Gasteiger partial charge in [0.05, 0.1) is 27.6 Å². The number of carbonyl (C=O) groups excluding carboxylic acids is 1. The largest absolute Gasteiger partial charge is 0.481 e. The summed E-state index contributed by atoms with van der Waals surface area (Å²) >= 11 is 0. The van der Waals surface area contributed by atoms with Gasteiger partial charge in [-0.15, -0.1) is 0 Å². The molecule has 0 spiro atoms. The predicted octanol–water partition coefficient (Wildman–Crippen LogP) is 3.92. The van der Waals surface area contributed by atoms with Crippen LogP contribution in [0.5, 0.6) is 0 Å². The fraction of sp³-hybridized carbons (Fsp3) is 0.913. The van der Waals surface area contributed by atoms with Gasteiger partial charge >= 0.3 is 5.97 Å². The number of aliphatic carboxylic acids is 1. The molecule has 172 valence electrons. The Hall–Kier alpha value is -0.980. The Labute approximate surface area is 177 Å². The molecule has 0 aromatic rings. The summed E-state index contributed by atoms with van der Waals surface area (Å²) in [5.41, 5.74) is -2.04. The molecule has 6 heteroatoms. The Bertz CT molecular complexity index is 461. The highest BCUT2D eigenvalue weighted by atomic mass is 16.4. The number of carboxylic acid groups (broad SMARTS) is 1. The quantitative estimate of drug-likeness (QED) is 0.219. The Balaban J connectivity index is 4.06. The topological polar surface area (TPSA) is 94.8 Å². The summed E-state index contributed by atoms with van der Waals surface area (Å²) in [6.45, 7) is 2.18. The Morgan fingerprint density at radius 2 is 1.24 bits per heavy atom. The molecule has 0 aromatic carbocycles. The van der Waals surface area contributed by atoms with Gasteiger partial charge in [-0.3, -0.25) is 9.59 Å². The van der Waals surface area contributed by atoms with Gasteiger partial charge in [0.15, 0.2) is 11.4 Å². The number of likely N-dealkylation sites (N-methyl/N-ethyl adjacent to an activating group) is 1. The summed E-state index contributed by atoms with van der Waals surface area (Å²) in [7, 11) is 5.33. The van der Waals surface area contributed by atoms with Gasteiger partial charge in [-0.05, 0) is 6.42 Å². The number of quaternary nitrogens is 1. The van der Waals surface area contributed by atoms with Gasteiger partial charge in [-0.25, -0.2) is 0 Å². The van der Waals surface area contributed by atoms with Crippen molar-refractivity contribution in [3.63, 3.8) is 0 Å². The fourth-order valence-electron chi connectivity index (χ4n) is 3.88. The Morgan fingerprint density at radius 1 is 0.828 bits per heavy atom. The van der Waals surface area contributed by atoms with E-state index >= 15 is 0 Å². The molecule has 0 bridgehead atoms. The summed E-state index contributed by atoms with van der Waals surface area (Å²) in [6.07, 6.45) is 12.7. The lowest BCUT2D eigenvalue weighted by molar-refractivity contribution is -0.875.